The fourth-order valence-corrected chi connectivity index (χ4v) is 4.02. The molecule has 0 spiro atoms. The molecule has 0 aliphatic rings. The zero-order chi connectivity index (χ0) is 20.9. The number of carbonyl (C=O) groups is 2. The third-order valence-corrected chi connectivity index (χ3v) is 6.15. The Balaban J connectivity index is 2.09. The van der Waals surface area contributed by atoms with Crippen LogP contribution in [-0.4, -0.2) is 54.1 Å². The smallest absolute Gasteiger partial charge is 0.341 e. The summed E-state index contributed by atoms with van der Waals surface area (Å²) in [5.41, 5.74) is 1.26. The molecule has 1 N–H and O–H groups in total. The van der Waals surface area contributed by atoms with Gasteiger partial charge in [-0.1, -0.05) is 19.9 Å². The molecule has 1 amide bonds. The summed E-state index contributed by atoms with van der Waals surface area (Å²) in [4.78, 5) is 24.1. The van der Waals surface area contributed by atoms with E-state index < -0.39 is 28.5 Å². The van der Waals surface area contributed by atoms with E-state index in [1.807, 2.05) is 0 Å². The number of nitrogens with zero attached hydrogens (tertiary/aromatic N) is 3. The van der Waals surface area contributed by atoms with E-state index in [4.69, 9.17) is 4.74 Å². The minimum Gasteiger partial charge on any atom is -0.452 e. The number of esters is 1. The number of aromatic nitrogens is 2. The first kappa shape index (κ1) is 21.6. The van der Waals surface area contributed by atoms with Gasteiger partial charge < -0.3 is 10.1 Å². The summed E-state index contributed by atoms with van der Waals surface area (Å²) >= 11 is 0. The number of nitrogens with one attached hydrogen (secondary N) is 1. The summed E-state index contributed by atoms with van der Waals surface area (Å²) < 4.78 is 33.0. The van der Waals surface area contributed by atoms with Crippen LogP contribution in [0, 0.1) is 6.92 Å². The van der Waals surface area contributed by atoms with Crippen LogP contribution < -0.4 is 5.32 Å². The van der Waals surface area contributed by atoms with Gasteiger partial charge in [0.05, 0.1) is 16.7 Å². The van der Waals surface area contributed by atoms with Crippen LogP contribution in [-0.2, 0) is 26.6 Å². The number of benzene rings is 1. The fraction of sp³-hybridized carbons (Fsp3) is 0.389. The molecule has 152 valence electrons. The molecule has 0 bridgehead atoms. The molecule has 1 heterocycles. The van der Waals surface area contributed by atoms with Gasteiger partial charge in [0, 0.05) is 32.0 Å². The summed E-state index contributed by atoms with van der Waals surface area (Å²) in [5, 5.41) is 6.45. The zero-order valence-electron chi connectivity index (χ0n) is 16.3. The second-order valence-electron chi connectivity index (χ2n) is 6.09. The minimum atomic E-state index is -3.65. The molecule has 0 unspecified atom stereocenters. The SMILES string of the molecule is CCN(CC)S(=O)(=O)c1ccc(C)c(NC(=O)COC(=O)c2cnn(C)c2)c1. The molecule has 1 aromatic carbocycles. The van der Waals surface area contributed by atoms with Gasteiger partial charge in [-0.05, 0) is 24.6 Å². The highest BCUT2D eigenvalue weighted by Gasteiger charge is 2.22. The first-order chi connectivity index (χ1) is 13.2. The average molecular weight is 408 g/mol. The number of sulfonamides is 1. The predicted octanol–water partition coefficient (Wildman–Crippen LogP) is 1.55. The van der Waals surface area contributed by atoms with Crippen molar-refractivity contribution >= 4 is 27.6 Å². The molecule has 2 rings (SSSR count). The Morgan fingerprint density at radius 1 is 1.25 bits per heavy atom. The molecule has 2 aromatic rings. The Morgan fingerprint density at radius 2 is 1.93 bits per heavy atom. The predicted molar refractivity (Wildman–Crippen MR) is 103 cm³/mol. The van der Waals surface area contributed by atoms with Crippen LogP contribution in [0.4, 0.5) is 5.69 Å². The highest BCUT2D eigenvalue weighted by molar-refractivity contribution is 7.89. The Bertz CT molecular complexity index is 964. The van der Waals surface area contributed by atoms with Gasteiger partial charge in [-0.3, -0.25) is 9.48 Å². The van der Waals surface area contributed by atoms with Crippen molar-refractivity contribution in [3.8, 4) is 0 Å². The van der Waals surface area contributed by atoms with Crippen LogP contribution in [0.1, 0.15) is 29.8 Å². The van der Waals surface area contributed by atoms with Crippen molar-refractivity contribution in [3.63, 3.8) is 0 Å². The largest absolute Gasteiger partial charge is 0.452 e. The third-order valence-electron chi connectivity index (χ3n) is 4.10. The van der Waals surface area contributed by atoms with Crippen LogP contribution >= 0.6 is 0 Å². The van der Waals surface area contributed by atoms with Crippen molar-refractivity contribution in [1.82, 2.24) is 14.1 Å². The lowest BCUT2D eigenvalue weighted by Crippen LogP contribution is -2.30. The maximum Gasteiger partial charge on any atom is 0.341 e. The van der Waals surface area contributed by atoms with E-state index in [-0.39, 0.29) is 10.5 Å². The average Bonchev–Trinajstić information content (AvgIpc) is 3.08. The number of aryl methyl sites for hydroxylation is 2. The normalized spacial score (nSPS) is 11.5. The summed E-state index contributed by atoms with van der Waals surface area (Å²) in [6, 6.07) is 4.53. The second-order valence-corrected chi connectivity index (χ2v) is 8.03. The van der Waals surface area contributed by atoms with E-state index in [9.17, 15) is 18.0 Å². The lowest BCUT2D eigenvalue weighted by atomic mass is 10.2. The van der Waals surface area contributed by atoms with Crippen molar-refractivity contribution in [3.05, 3.63) is 41.7 Å². The molecule has 10 heteroatoms. The molecule has 1 aromatic heterocycles. The summed E-state index contributed by atoms with van der Waals surface area (Å²) in [6.45, 7) is 5.45. The Kier molecular flexibility index (Phi) is 6.92. The molecule has 9 nitrogen and oxygen atoms in total. The number of hydrogen-bond donors (Lipinski definition) is 1. The Morgan fingerprint density at radius 3 is 2.50 bits per heavy atom. The van der Waals surface area contributed by atoms with Crippen LogP contribution in [0.3, 0.4) is 0 Å². The molecule has 0 radical (unpaired) electrons. The zero-order valence-corrected chi connectivity index (χ0v) is 17.1. The molecular weight excluding hydrogens is 384 g/mol. The van der Waals surface area contributed by atoms with E-state index in [1.54, 1.807) is 33.9 Å². The van der Waals surface area contributed by atoms with Gasteiger partial charge in [-0.15, -0.1) is 0 Å². The van der Waals surface area contributed by atoms with E-state index in [2.05, 4.69) is 10.4 Å². The quantitative estimate of drug-likeness (QED) is 0.664. The van der Waals surface area contributed by atoms with Gasteiger partial charge in [0.15, 0.2) is 6.61 Å². The molecule has 0 saturated heterocycles. The lowest BCUT2D eigenvalue weighted by molar-refractivity contribution is -0.119. The van der Waals surface area contributed by atoms with Crippen molar-refractivity contribution in [2.75, 3.05) is 25.0 Å². The number of carbonyl (C=O) groups excluding carboxylic acids is 2. The highest BCUT2D eigenvalue weighted by Crippen LogP contribution is 2.23. The molecule has 0 atom stereocenters. The minimum absolute atomic E-state index is 0.0875. The standard InChI is InChI=1S/C18H24N4O5S/c1-5-22(6-2)28(25,26)15-8-7-13(3)16(9-15)20-17(23)12-27-18(24)14-10-19-21(4)11-14/h7-11H,5-6,12H2,1-4H3,(H,20,23). The lowest BCUT2D eigenvalue weighted by Gasteiger charge is -2.19. The number of amides is 1. The van der Waals surface area contributed by atoms with Crippen molar-refractivity contribution in [2.45, 2.75) is 25.7 Å². The maximum absolute atomic E-state index is 12.7. The summed E-state index contributed by atoms with van der Waals surface area (Å²) in [7, 11) is -1.99. The highest BCUT2D eigenvalue weighted by atomic mass is 32.2. The Labute approximate surface area is 164 Å². The third kappa shape index (κ3) is 4.96. The van der Waals surface area contributed by atoms with E-state index in [0.717, 1.165) is 0 Å². The van der Waals surface area contributed by atoms with Crippen molar-refractivity contribution in [1.29, 1.82) is 0 Å². The molecule has 0 aliphatic carbocycles. The molecule has 0 saturated carbocycles. The van der Waals surface area contributed by atoms with E-state index in [0.29, 0.717) is 24.3 Å². The topological polar surface area (TPSA) is 111 Å². The van der Waals surface area contributed by atoms with Crippen molar-refractivity contribution in [2.24, 2.45) is 7.05 Å². The van der Waals surface area contributed by atoms with Crippen LogP contribution in [0.25, 0.3) is 0 Å². The maximum atomic E-state index is 12.7. The van der Waals surface area contributed by atoms with Gasteiger partial charge in [-0.25, -0.2) is 13.2 Å². The summed E-state index contributed by atoms with van der Waals surface area (Å²) in [5.74, 6) is -1.24. The van der Waals surface area contributed by atoms with Crippen LogP contribution in [0.15, 0.2) is 35.5 Å². The molecule has 0 aliphatic heterocycles. The van der Waals surface area contributed by atoms with Gasteiger partial charge >= 0.3 is 5.97 Å². The van der Waals surface area contributed by atoms with Crippen molar-refractivity contribution < 1.29 is 22.7 Å². The number of hydrogen-bond acceptors (Lipinski definition) is 6. The van der Waals surface area contributed by atoms with Crippen LogP contribution in [0.2, 0.25) is 0 Å². The van der Waals surface area contributed by atoms with E-state index >= 15 is 0 Å². The number of ether oxygens (including phenoxy) is 1. The molecule has 0 fully saturated rings. The Hall–Kier alpha value is -2.72. The molecular formula is C18H24N4O5S. The van der Waals surface area contributed by atoms with E-state index in [1.165, 1.54) is 33.5 Å². The molecule has 28 heavy (non-hydrogen) atoms. The van der Waals surface area contributed by atoms with Gasteiger partial charge in [0.1, 0.15) is 0 Å². The first-order valence-electron chi connectivity index (χ1n) is 8.75. The summed E-state index contributed by atoms with van der Waals surface area (Å²) in [6.07, 6.45) is 2.82. The number of anilines is 1. The fourth-order valence-electron chi connectivity index (χ4n) is 2.54. The van der Waals surface area contributed by atoms with Gasteiger partial charge in [0.25, 0.3) is 5.91 Å². The first-order valence-corrected chi connectivity index (χ1v) is 10.2. The monoisotopic (exact) mass is 408 g/mol. The second kappa shape index (κ2) is 8.98. The van der Waals surface area contributed by atoms with Gasteiger partial charge in [-0.2, -0.15) is 9.40 Å². The van der Waals surface area contributed by atoms with Crippen LogP contribution in [0.5, 0.6) is 0 Å². The number of rotatable bonds is 8. The van der Waals surface area contributed by atoms with Gasteiger partial charge in [0.2, 0.25) is 10.0 Å².